The maximum Gasteiger partial charge on any atom is 0.410 e. The fourth-order valence-electron chi connectivity index (χ4n) is 4.52. The van der Waals surface area contributed by atoms with Crippen molar-refractivity contribution in [3.05, 3.63) is 64.4 Å². The van der Waals surface area contributed by atoms with Gasteiger partial charge in [0.1, 0.15) is 22.6 Å². The number of aryl methyl sites for hydroxylation is 1. The largest absolute Gasteiger partial charge is 0.445 e. The second-order valence-electron chi connectivity index (χ2n) is 8.22. The number of fused-ring (bicyclic) bond motifs is 1. The normalized spacial score (nSPS) is 18.6. The van der Waals surface area contributed by atoms with Gasteiger partial charge in [-0.3, -0.25) is 9.38 Å². The molecule has 8 heteroatoms. The van der Waals surface area contributed by atoms with Crippen LogP contribution in [0.4, 0.5) is 4.79 Å². The molecule has 1 fully saturated rings. The lowest BCUT2D eigenvalue weighted by Gasteiger charge is -2.36. The highest BCUT2D eigenvalue weighted by molar-refractivity contribution is 9.10. The number of ether oxygens (including phenoxy) is 2. The van der Waals surface area contributed by atoms with Crippen LogP contribution in [0, 0.1) is 6.92 Å². The fraction of sp³-hybridized carbons (Fsp3) is 0.458. The number of hydrogen-bond donors (Lipinski definition) is 0. The van der Waals surface area contributed by atoms with E-state index in [4.69, 9.17) is 14.5 Å². The van der Waals surface area contributed by atoms with Crippen LogP contribution in [0.1, 0.15) is 48.7 Å². The van der Waals surface area contributed by atoms with E-state index in [1.807, 2.05) is 54.5 Å². The summed E-state index contributed by atoms with van der Waals surface area (Å²) in [7, 11) is 1.66. The van der Waals surface area contributed by atoms with Gasteiger partial charge in [-0.15, -0.1) is 0 Å². The molecular formula is C24H29BrN4O3. The van der Waals surface area contributed by atoms with Crippen LogP contribution >= 0.6 is 15.9 Å². The predicted octanol–water partition coefficient (Wildman–Crippen LogP) is 5.11. The molecule has 0 saturated heterocycles. The minimum atomic E-state index is -0.273. The molecule has 1 aliphatic carbocycles. The van der Waals surface area contributed by atoms with E-state index in [0.29, 0.717) is 19.1 Å². The van der Waals surface area contributed by atoms with E-state index in [1.54, 1.807) is 7.11 Å². The molecule has 2 aromatic heterocycles. The molecule has 0 aliphatic heterocycles. The van der Waals surface area contributed by atoms with Crippen LogP contribution in [0.2, 0.25) is 0 Å². The molecule has 0 bridgehead atoms. The number of methoxy groups -OCH3 is 1. The summed E-state index contributed by atoms with van der Waals surface area (Å²) in [4.78, 5) is 23.9. The van der Waals surface area contributed by atoms with Crippen molar-refractivity contribution in [1.82, 2.24) is 19.3 Å². The maximum atomic E-state index is 12.9. The highest BCUT2D eigenvalue weighted by Gasteiger charge is 2.32. The molecule has 0 unspecified atom stereocenters. The lowest BCUT2D eigenvalue weighted by atomic mass is 9.85. The number of aromatic nitrogens is 3. The van der Waals surface area contributed by atoms with Gasteiger partial charge >= 0.3 is 6.09 Å². The van der Waals surface area contributed by atoms with Crippen LogP contribution in [-0.4, -0.2) is 51.7 Å². The number of halogens is 1. The molecule has 0 atom stereocenters. The van der Waals surface area contributed by atoms with Crippen molar-refractivity contribution in [3.63, 3.8) is 0 Å². The average molecular weight is 501 g/mol. The molecule has 7 nitrogen and oxygen atoms in total. The zero-order valence-corrected chi connectivity index (χ0v) is 20.1. The Bertz CT molecular complexity index is 1050. The van der Waals surface area contributed by atoms with E-state index in [-0.39, 0.29) is 18.7 Å². The standard InChI is InChI=1S/C24H29BrN4O3/c1-17-21-22(25)27-23(29(21)13-12-26-17)19-8-10-20(11-9-19)28(14-15-31-2)24(30)32-16-18-6-4-3-5-7-18/h3-7,12-13,19-20H,8-11,14-16H2,1-2H3. The van der Waals surface area contributed by atoms with Crippen LogP contribution in [0.3, 0.4) is 0 Å². The van der Waals surface area contributed by atoms with Crippen molar-refractivity contribution in [3.8, 4) is 0 Å². The predicted molar refractivity (Wildman–Crippen MR) is 126 cm³/mol. The Hall–Kier alpha value is -2.45. The van der Waals surface area contributed by atoms with Crippen molar-refractivity contribution in [2.24, 2.45) is 0 Å². The fourth-order valence-corrected chi connectivity index (χ4v) is 5.18. The van der Waals surface area contributed by atoms with E-state index in [1.165, 1.54) is 0 Å². The monoisotopic (exact) mass is 500 g/mol. The number of rotatable bonds is 7. The first-order chi connectivity index (χ1) is 15.6. The van der Waals surface area contributed by atoms with Crippen molar-refractivity contribution in [2.75, 3.05) is 20.3 Å². The molecule has 4 rings (SSSR count). The number of benzene rings is 1. The molecule has 0 radical (unpaired) electrons. The Balaban J connectivity index is 1.42. The zero-order chi connectivity index (χ0) is 22.5. The van der Waals surface area contributed by atoms with Gasteiger partial charge in [0, 0.05) is 38.0 Å². The second-order valence-corrected chi connectivity index (χ2v) is 8.98. The Morgan fingerprint density at radius 3 is 2.69 bits per heavy atom. The Labute approximate surface area is 196 Å². The summed E-state index contributed by atoms with van der Waals surface area (Å²) < 4.78 is 13.9. The number of hydrogen-bond acceptors (Lipinski definition) is 5. The van der Waals surface area contributed by atoms with Gasteiger partial charge in [-0.2, -0.15) is 0 Å². The minimum absolute atomic E-state index is 0.141. The molecule has 1 saturated carbocycles. The van der Waals surface area contributed by atoms with Crippen LogP contribution in [0.5, 0.6) is 0 Å². The number of amides is 1. The first kappa shape index (κ1) is 22.7. The molecule has 2 heterocycles. The van der Waals surface area contributed by atoms with Gasteiger partial charge in [-0.25, -0.2) is 9.78 Å². The highest BCUT2D eigenvalue weighted by Crippen LogP contribution is 2.36. The van der Waals surface area contributed by atoms with Gasteiger partial charge in [0.2, 0.25) is 0 Å². The van der Waals surface area contributed by atoms with E-state index >= 15 is 0 Å². The number of carbonyl (C=O) groups is 1. The van der Waals surface area contributed by atoms with Crippen LogP contribution in [0.15, 0.2) is 47.3 Å². The van der Waals surface area contributed by atoms with Gasteiger partial charge in [-0.1, -0.05) is 30.3 Å². The molecular weight excluding hydrogens is 472 g/mol. The summed E-state index contributed by atoms with van der Waals surface area (Å²) >= 11 is 3.60. The summed E-state index contributed by atoms with van der Waals surface area (Å²) in [6, 6.07) is 9.91. The van der Waals surface area contributed by atoms with Gasteiger partial charge in [-0.05, 0) is 54.1 Å². The molecule has 170 valence electrons. The van der Waals surface area contributed by atoms with Crippen LogP contribution in [-0.2, 0) is 16.1 Å². The molecule has 3 aromatic rings. The smallest absolute Gasteiger partial charge is 0.410 e. The van der Waals surface area contributed by atoms with Gasteiger partial charge in [0.15, 0.2) is 0 Å². The van der Waals surface area contributed by atoms with Crippen LogP contribution in [0.25, 0.3) is 5.52 Å². The summed E-state index contributed by atoms with van der Waals surface area (Å²) in [5, 5.41) is 0. The van der Waals surface area contributed by atoms with E-state index in [0.717, 1.165) is 52.9 Å². The summed E-state index contributed by atoms with van der Waals surface area (Å²) in [5.41, 5.74) is 2.97. The lowest BCUT2D eigenvalue weighted by Crippen LogP contribution is -2.44. The first-order valence-corrected chi connectivity index (χ1v) is 11.8. The first-order valence-electron chi connectivity index (χ1n) is 11.0. The lowest BCUT2D eigenvalue weighted by molar-refractivity contribution is 0.0556. The topological polar surface area (TPSA) is 69.0 Å². The summed E-state index contributed by atoms with van der Waals surface area (Å²) in [5.74, 6) is 1.40. The SMILES string of the molecule is COCCN(C(=O)OCc1ccccc1)C1CCC(c2nc(Br)c3c(C)nccn23)CC1. The van der Waals surface area contributed by atoms with Crippen molar-refractivity contribution in [1.29, 1.82) is 0 Å². The highest BCUT2D eigenvalue weighted by atomic mass is 79.9. The zero-order valence-electron chi connectivity index (χ0n) is 18.5. The van der Waals surface area contributed by atoms with Crippen molar-refractivity contribution < 1.29 is 14.3 Å². The second kappa shape index (κ2) is 10.4. The Kier molecular flexibility index (Phi) is 7.42. The van der Waals surface area contributed by atoms with Gasteiger partial charge < -0.3 is 14.4 Å². The quantitative estimate of drug-likeness (QED) is 0.450. The molecule has 32 heavy (non-hydrogen) atoms. The minimum Gasteiger partial charge on any atom is -0.445 e. The van der Waals surface area contributed by atoms with Gasteiger partial charge in [0.25, 0.3) is 0 Å². The van der Waals surface area contributed by atoms with Gasteiger partial charge in [0.05, 0.1) is 12.3 Å². The third-order valence-electron chi connectivity index (χ3n) is 6.20. The third kappa shape index (κ3) is 4.96. The van der Waals surface area contributed by atoms with Crippen LogP contribution < -0.4 is 0 Å². The number of imidazole rings is 1. The molecule has 1 amide bonds. The molecule has 0 N–H and O–H groups in total. The van der Waals surface area contributed by atoms with E-state index < -0.39 is 0 Å². The number of nitrogens with zero attached hydrogens (tertiary/aromatic N) is 4. The Morgan fingerprint density at radius 2 is 1.97 bits per heavy atom. The summed E-state index contributed by atoms with van der Waals surface area (Å²) in [6.07, 6.45) is 7.27. The molecule has 0 spiro atoms. The van der Waals surface area contributed by atoms with Crippen molar-refractivity contribution >= 4 is 27.5 Å². The van der Waals surface area contributed by atoms with E-state index in [9.17, 15) is 4.79 Å². The molecule has 1 aliphatic rings. The molecule has 1 aromatic carbocycles. The summed E-state index contributed by atoms with van der Waals surface area (Å²) in [6.45, 7) is 3.30. The van der Waals surface area contributed by atoms with Crippen molar-refractivity contribution in [2.45, 2.75) is 51.2 Å². The average Bonchev–Trinajstić information content (AvgIpc) is 3.16. The maximum absolute atomic E-state index is 12.9. The Morgan fingerprint density at radius 1 is 1.22 bits per heavy atom. The van der Waals surface area contributed by atoms with E-state index in [2.05, 4.69) is 25.3 Å². The number of carbonyl (C=O) groups excluding carboxylic acids is 1. The third-order valence-corrected chi connectivity index (χ3v) is 6.75.